The Bertz CT molecular complexity index is 512. The van der Waals surface area contributed by atoms with Crippen LogP contribution in [-0.2, 0) is 16.0 Å². The smallest absolute Gasteiger partial charge is 0.308 e. The molecule has 108 valence electrons. The van der Waals surface area contributed by atoms with E-state index >= 15 is 0 Å². The zero-order valence-electron chi connectivity index (χ0n) is 11.9. The van der Waals surface area contributed by atoms with Gasteiger partial charge in [0.2, 0.25) is 5.91 Å². The van der Waals surface area contributed by atoms with Crippen molar-refractivity contribution in [2.75, 3.05) is 6.54 Å². The molecule has 1 saturated carbocycles. The second kappa shape index (κ2) is 6.07. The van der Waals surface area contributed by atoms with Gasteiger partial charge in [0.15, 0.2) is 0 Å². The van der Waals surface area contributed by atoms with Gasteiger partial charge in [0.1, 0.15) is 0 Å². The predicted molar refractivity (Wildman–Crippen MR) is 76.3 cm³/mol. The highest BCUT2D eigenvalue weighted by Gasteiger charge is 2.39. The highest BCUT2D eigenvalue weighted by Crippen LogP contribution is 2.37. The van der Waals surface area contributed by atoms with Gasteiger partial charge in [-0.3, -0.25) is 9.59 Å². The fourth-order valence-corrected chi connectivity index (χ4v) is 2.41. The molecule has 20 heavy (non-hydrogen) atoms. The summed E-state index contributed by atoms with van der Waals surface area (Å²) < 4.78 is 0. The number of hydrogen-bond donors (Lipinski definition) is 2. The third-order valence-electron chi connectivity index (χ3n) is 3.88. The molecule has 2 rings (SSSR count). The number of aryl methyl sites for hydroxylation is 1. The van der Waals surface area contributed by atoms with Crippen LogP contribution in [0.5, 0.6) is 0 Å². The Morgan fingerprint density at radius 2 is 2.15 bits per heavy atom. The highest BCUT2D eigenvalue weighted by atomic mass is 16.4. The lowest BCUT2D eigenvalue weighted by atomic mass is 9.98. The summed E-state index contributed by atoms with van der Waals surface area (Å²) in [7, 11) is 0. The van der Waals surface area contributed by atoms with Crippen LogP contribution < -0.4 is 5.32 Å². The average molecular weight is 275 g/mol. The number of carboxylic acid groups (broad SMARTS) is 1. The molecular formula is C16H21NO3. The quantitative estimate of drug-likeness (QED) is 0.834. The number of hydrogen-bond acceptors (Lipinski definition) is 2. The first kappa shape index (κ1) is 14.6. The number of benzene rings is 1. The lowest BCUT2D eigenvalue weighted by Gasteiger charge is -2.14. The van der Waals surface area contributed by atoms with Gasteiger partial charge < -0.3 is 10.4 Å². The molecule has 4 heteroatoms. The van der Waals surface area contributed by atoms with Crippen molar-refractivity contribution >= 4 is 11.9 Å². The van der Waals surface area contributed by atoms with Crippen molar-refractivity contribution in [1.29, 1.82) is 0 Å². The molecule has 1 fully saturated rings. The average Bonchev–Trinajstić information content (AvgIpc) is 3.11. The summed E-state index contributed by atoms with van der Waals surface area (Å²) in [6.45, 7) is 4.21. The van der Waals surface area contributed by atoms with Crippen molar-refractivity contribution in [3.05, 3.63) is 35.4 Å². The number of carbonyl (C=O) groups is 2. The highest BCUT2D eigenvalue weighted by molar-refractivity contribution is 5.82. The van der Waals surface area contributed by atoms with E-state index in [2.05, 4.69) is 5.32 Å². The Hall–Kier alpha value is -1.84. The van der Waals surface area contributed by atoms with Gasteiger partial charge in [0.05, 0.1) is 5.92 Å². The van der Waals surface area contributed by atoms with E-state index in [0.717, 1.165) is 17.5 Å². The molecule has 0 aromatic heterocycles. The molecule has 0 bridgehead atoms. The van der Waals surface area contributed by atoms with E-state index in [1.54, 1.807) is 0 Å². The standard InChI is InChI=1S/C16H21NO3/c1-10-4-3-5-12(6-10)8-13(16(19)20)9-17-15(18)14-7-11(14)2/h3-6,11,13-14H,7-9H2,1-2H3,(H,17,18)(H,19,20)/t11-,13-,14-/m1/s1. The molecule has 0 saturated heterocycles. The maximum atomic E-state index is 11.7. The van der Waals surface area contributed by atoms with Crippen LogP contribution in [0.25, 0.3) is 0 Å². The van der Waals surface area contributed by atoms with Crippen molar-refractivity contribution in [3.63, 3.8) is 0 Å². The van der Waals surface area contributed by atoms with Gasteiger partial charge in [-0.2, -0.15) is 0 Å². The van der Waals surface area contributed by atoms with Gasteiger partial charge in [-0.25, -0.2) is 0 Å². The van der Waals surface area contributed by atoms with Crippen LogP contribution >= 0.6 is 0 Å². The van der Waals surface area contributed by atoms with E-state index in [1.807, 2.05) is 38.1 Å². The SMILES string of the molecule is Cc1cccc(C[C@H](CNC(=O)[C@@H]2C[C@H]2C)C(=O)O)c1. The van der Waals surface area contributed by atoms with Gasteiger partial charge in [-0.15, -0.1) is 0 Å². The zero-order chi connectivity index (χ0) is 14.7. The molecule has 1 aliphatic rings. The summed E-state index contributed by atoms with van der Waals surface area (Å²) in [5.74, 6) is -0.920. The Morgan fingerprint density at radius 3 is 2.70 bits per heavy atom. The van der Waals surface area contributed by atoms with Crippen LogP contribution in [0.15, 0.2) is 24.3 Å². The lowest BCUT2D eigenvalue weighted by molar-refractivity contribution is -0.141. The van der Waals surface area contributed by atoms with Gasteiger partial charge in [-0.1, -0.05) is 36.8 Å². The Balaban J connectivity index is 1.90. The first-order chi connectivity index (χ1) is 9.47. The van der Waals surface area contributed by atoms with Crippen LogP contribution in [0.2, 0.25) is 0 Å². The summed E-state index contributed by atoms with van der Waals surface area (Å²) in [5, 5.41) is 12.0. The van der Waals surface area contributed by atoms with E-state index in [9.17, 15) is 14.7 Å². The summed E-state index contributed by atoms with van der Waals surface area (Å²) >= 11 is 0. The van der Waals surface area contributed by atoms with Crippen molar-refractivity contribution in [1.82, 2.24) is 5.32 Å². The summed E-state index contributed by atoms with van der Waals surface area (Å²) in [6.07, 6.45) is 1.36. The minimum Gasteiger partial charge on any atom is -0.481 e. The Morgan fingerprint density at radius 1 is 1.45 bits per heavy atom. The summed E-state index contributed by atoms with van der Waals surface area (Å²) in [6, 6.07) is 7.82. The van der Waals surface area contributed by atoms with Crippen LogP contribution in [0.4, 0.5) is 0 Å². The van der Waals surface area contributed by atoms with E-state index in [4.69, 9.17) is 0 Å². The second-order valence-electron chi connectivity index (χ2n) is 5.79. The molecule has 0 heterocycles. The van der Waals surface area contributed by atoms with Gasteiger partial charge in [0.25, 0.3) is 0 Å². The minimum atomic E-state index is -0.865. The fraction of sp³-hybridized carbons (Fsp3) is 0.500. The van der Waals surface area contributed by atoms with E-state index in [0.29, 0.717) is 12.3 Å². The van der Waals surface area contributed by atoms with Crippen molar-refractivity contribution in [2.45, 2.75) is 26.7 Å². The van der Waals surface area contributed by atoms with Crippen molar-refractivity contribution in [3.8, 4) is 0 Å². The molecule has 0 radical (unpaired) electrons. The van der Waals surface area contributed by atoms with Crippen LogP contribution in [0.1, 0.15) is 24.5 Å². The van der Waals surface area contributed by atoms with Crippen LogP contribution in [0.3, 0.4) is 0 Å². The molecule has 1 aliphatic carbocycles. The Kier molecular flexibility index (Phi) is 4.42. The monoisotopic (exact) mass is 275 g/mol. The van der Waals surface area contributed by atoms with Gasteiger partial charge >= 0.3 is 5.97 Å². The maximum absolute atomic E-state index is 11.7. The van der Waals surface area contributed by atoms with Gasteiger partial charge in [-0.05, 0) is 31.2 Å². The first-order valence-electron chi connectivity index (χ1n) is 7.03. The molecule has 1 amide bonds. The van der Waals surface area contributed by atoms with Crippen LogP contribution in [0, 0.1) is 24.7 Å². The Labute approximate surface area is 119 Å². The van der Waals surface area contributed by atoms with E-state index in [1.165, 1.54) is 0 Å². The summed E-state index contributed by atoms with van der Waals surface area (Å²) in [5.41, 5.74) is 2.11. The molecule has 3 atom stereocenters. The van der Waals surface area contributed by atoms with Gasteiger partial charge in [0, 0.05) is 12.5 Å². The minimum absolute atomic E-state index is 0.00649. The summed E-state index contributed by atoms with van der Waals surface area (Å²) in [4.78, 5) is 23.0. The fourth-order valence-electron chi connectivity index (χ4n) is 2.41. The molecule has 0 spiro atoms. The zero-order valence-corrected chi connectivity index (χ0v) is 11.9. The first-order valence-corrected chi connectivity index (χ1v) is 7.03. The lowest BCUT2D eigenvalue weighted by Crippen LogP contribution is -2.35. The topological polar surface area (TPSA) is 66.4 Å². The predicted octanol–water partition coefficient (Wildman–Crippen LogP) is 2.01. The maximum Gasteiger partial charge on any atom is 0.308 e. The molecule has 1 aromatic carbocycles. The number of carbonyl (C=O) groups excluding carboxylic acids is 1. The number of nitrogens with one attached hydrogen (secondary N) is 1. The number of carboxylic acids is 1. The van der Waals surface area contributed by atoms with E-state index in [-0.39, 0.29) is 18.4 Å². The third kappa shape index (κ3) is 3.83. The molecule has 4 nitrogen and oxygen atoms in total. The van der Waals surface area contributed by atoms with E-state index < -0.39 is 11.9 Å². The largest absolute Gasteiger partial charge is 0.481 e. The normalized spacial score (nSPS) is 22.1. The molecule has 2 N–H and O–H groups in total. The van der Waals surface area contributed by atoms with Crippen LogP contribution in [-0.4, -0.2) is 23.5 Å². The third-order valence-corrected chi connectivity index (χ3v) is 3.88. The second-order valence-corrected chi connectivity index (χ2v) is 5.79. The van der Waals surface area contributed by atoms with Crippen molar-refractivity contribution in [2.24, 2.45) is 17.8 Å². The molecule has 0 unspecified atom stereocenters. The molecule has 1 aromatic rings. The molecule has 0 aliphatic heterocycles. The number of amides is 1. The number of aliphatic carboxylic acids is 1. The molecular weight excluding hydrogens is 254 g/mol. The van der Waals surface area contributed by atoms with Crippen molar-refractivity contribution < 1.29 is 14.7 Å². The number of rotatable bonds is 6.